The molecule has 1 rings (SSSR count). The van der Waals surface area contributed by atoms with Crippen LogP contribution in [0.1, 0.15) is 24.3 Å². The Kier molecular flexibility index (Phi) is 4.72. The van der Waals surface area contributed by atoms with Crippen molar-refractivity contribution in [3.05, 3.63) is 24.0 Å². The van der Waals surface area contributed by atoms with Gasteiger partial charge in [0.05, 0.1) is 12.8 Å². The number of hydrogen-bond acceptors (Lipinski definition) is 4. The highest BCUT2D eigenvalue weighted by molar-refractivity contribution is 5.85. The van der Waals surface area contributed by atoms with Crippen LogP contribution in [0, 0.1) is 0 Å². The van der Waals surface area contributed by atoms with Gasteiger partial charge in [0.25, 0.3) is 0 Å². The van der Waals surface area contributed by atoms with Gasteiger partial charge < -0.3 is 14.6 Å². The van der Waals surface area contributed by atoms with Gasteiger partial charge in [0.15, 0.2) is 0 Å². The van der Waals surface area contributed by atoms with Gasteiger partial charge in [0, 0.05) is 6.61 Å². The zero-order valence-corrected chi connectivity index (χ0v) is 9.34. The maximum Gasteiger partial charge on any atom is 0.354 e. The topological polar surface area (TPSA) is 68.7 Å². The first-order chi connectivity index (χ1) is 7.63. The normalized spacial score (nSPS) is 12.1. The smallest absolute Gasteiger partial charge is 0.354 e. The molecule has 16 heavy (non-hydrogen) atoms. The summed E-state index contributed by atoms with van der Waals surface area (Å²) in [4.78, 5) is 14.3. The second kappa shape index (κ2) is 6.07. The first-order valence-electron chi connectivity index (χ1n) is 5.07. The molecule has 1 aromatic rings. The van der Waals surface area contributed by atoms with Crippen molar-refractivity contribution >= 4 is 5.97 Å². The van der Waals surface area contributed by atoms with Gasteiger partial charge in [-0.1, -0.05) is 0 Å². The molecule has 0 aromatic carbocycles. The molecule has 0 radical (unpaired) electrons. The Labute approximate surface area is 94.0 Å². The molecule has 0 aliphatic carbocycles. The van der Waals surface area contributed by atoms with Crippen LogP contribution in [0.15, 0.2) is 18.3 Å². The van der Waals surface area contributed by atoms with Gasteiger partial charge >= 0.3 is 5.97 Å². The van der Waals surface area contributed by atoms with Crippen molar-refractivity contribution in [3.63, 3.8) is 0 Å². The Morgan fingerprint density at radius 3 is 2.81 bits per heavy atom. The van der Waals surface area contributed by atoms with Crippen molar-refractivity contribution in [1.29, 1.82) is 0 Å². The molecular weight excluding hydrogens is 210 g/mol. The predicted octanol–water partition coefficient (Wildman–Crippen LogP) is 1.58. The monoisotopic (exact) mass is 225 g/mol. The molecule has 1 heterocycles. The number of pyridine rings is 1. The zero-order chi connectivity index (χ0) is 12.0. The molecule has 1 unspecified atom stereocenters. The largest absolute Gasteiger partial charge is 0.487 e. The summed E-state index contributed by atoms with van der Waals surface area (Å²) in [5, 5.41) is 8.65. The third kappa shape index (κ3) is 3.86. The van der Waals surface area contributed by atoms with E-state index < -0.39 is 5.97 Å². The van der Waals surface area contributed by atoms with Crippen LogP contribution in [0.25, 0.3) is 0 Å². The van der Waals surface area contributed by atoms with E-state index >= 15 is 0 Å². The van der Waals surface area contributed by atoms with E-state index in [0.29, 0.717) is 19.0 Å². The minimum absolute atomic E-state index is 0.00445. The summed E-state index contributed by atoms with van der Waals surface area (Å²) in [6, 6.07) is 2.99. The number of nitrogens with zero attached hydrogens (tertiary/aromatic N) is 1. The minimum atomic E-state index is -1.05. The van der Waals surface area contributed by atoms with Gasteiger partial charge in [-0.2, -0.15) is 0 Å². The van der Waals surface area contributed by atoms with Crippen LogP contribution in [0.4, 0.5) is 0 Å². The fourth-order valence-electron chi connectivity index (χ4n) is 1.13. The molecule has 5 nitrogen and oxygen atoms in total. The van der Waals surface area contributed by atoms with Gasteiger partial charge in [0.1, 0.15) is 17.5 Å². The molecule has 0 saturated carbocycles. The fraction of sp³-hybridized carbons (Fsp3) is 0.455. The Hall–Kier alpha value is -1.62. The summed E-state index contributed by atoms with van der Waals surface area (Å²) in [7, 11) is 0. The molecule has 0 spiro atoms. The van der Waals surface area contributed by atoms with Gasteiger partial charge in [0.2, 0.25) is 0 Å². The lowest BCUT2D eigenvalue weighted by Gasteiger charge is -2.13. The van der Waals surface area contributed by atoms with Gasteiger partial charge in [-0.25, -0.2) is 9.78 Å². The first-order valence-corrected chi connectivity index (χ1v) is 5.07. The van der Waals surface area contributed by atoms with E-state index in [0.717, 1.165) is 0 Å². The quantitative estimate of drug-likeness (QED) is 0.796. The lowest BCUT2D eigenvalue weighted by Crippen LogP contribution is -2.19. The van der Waals surface area contributed by atoms with Crippen LogP contribution in [0.5, 0.6) is 5.75 Å². The lowest BCUT2D eigenvalue weighted by atomic mass is 10.3. The second-order valence-electron chi connectivity index (χ2n) is 3.27. The van der Waals surface area contributed by atoms with E-state index in [1.54, 1.807) is 6.07 Å². The predicted molar refractivity (Wildman–Crippen MR) is 57.8 cm³/mol. The summed E-state index contributed by atoms with van der Waals surface area (Å²) in [6.45, 7) is 4.93. The standard InChI is InChI=1S/C11H15NO4/c1-3-15-7-8(2)16-9-4-5-10(11(13)14)12-6-9/h4-6,8H,3,7H2,1-2H3,(H,13,14). The number of carbonyl (C=O) groups is 1. The number of hydrogen-bond donors (Lipinski definition) is 1. The van der Waals surface area contributed by atoms with Gasteiger partial charge in [-0.3, -0.25) is 0 Å². The molecule has 0 amide bonds. The summed E-state index contributed by atoms with van der Waals surface area (Å²) >= 11 is 0. The van der Waals surface area contributed by atoms with Crippen LogP contribution < -0.4 is 4.74 Å². The number of carboxylic acid groups (broad SMARTS) is 1. The third-order valence-corrected chi connectivity index (χ3v) is 1.85. The zero-order valence-electron chi connectivity index (χ0n) is 9.34. The first kappa shape index (κ1) is 12.4. The summed E-state index contributed by atoms with van der Waals surface area (Å²) in [6.07, 6.45) is 1.31. The average molecular weight is 225 g/mol. The molecule has 1 atom stereocenters. The molecule has 0 aliphatic heterocycles. The molecule has 88 valence electrons. The van der Waals surface area contributed by atoms with E-state index in [2.05, 4.69) is 4.98 Å². The SMILES string of the molecule is CCOCC(C)Oc1ccc(C(=O)O)nc1. The van der Waals surface area contributed by atoms with Crippen molar-refractivity contribution in [2.45, 2.75) is 20.0 Å². The molecule has 5 heteroatoms. The molecule has 1 N–H and O–H groups in total. The molecule has 0 bridgehead atoms. The van der Waals surface area contributed by atoms with E-state index in [-0.39, 0.29) is 11.8 Å². The van der Waals surface area contributed by atoms with Crippen LogP contribution >= 0.6 is 0 Å². The van der Waals surface area contributed by atoms with E-state index in [1.807, 2.05) is 13.8 Å². The van der Waals surface area contributed by atoms with Crippen LogP contribution in [0.3, 0.4) is 0 Å². The van der Waals surface area contributed by atoms with E-state index in [9.17, 15) is 4.79 Å². The number of ether oxygens (including phenoxy) is 2. The maximum atomic E-state index is 10.6. The Bertz CT molecular complexity index is 336. The van der Waals surface area contributed by atoms with Crippen molar-refractivity contribution in [1.82, 2.24) is 4.98 Å². The number of rotatable bonds is 6. The van der Waals surface area contributed by atoms with Gasteiger partial charge in [-0.15, -0.1) is 0 Å². The average Bonchev–Trinajstić information content (AvgIpc) is 2.27. The third-order valence-electron chi connectivity index (χ3n) is 1.85. The minimum Gasteiger partial charge on any atom is -0.487 e. The van der Waals surface area contributed by atoms with Crippen LogP contribution in [0.2, 0.25) is 0 Å². The summed E-state index contributed by atoms with van der Waals surface area (Å²) < 4.78 is 10.7. The van der Waals surface area contributed by atoms with Crippen LogP contribution in [-0.4, -0.2) is 35.4 Å². The highest BCUT2D eigenvalue weighted by Crippen LogP contribution is 2.11. The lowest BCUT2D eigenvalue weighted by molar-refractivity contribution is 0.0651. The molecule has 0 saturated heterocycles. The number of aromatic nitrogens is 1. The number of carboxylic acids is 1. The van der Waals surface area contributed by atoms with Crippen molar-refractivity contribution in [2.24, 2.45) is 0 Å². The molecule has 1 aromatic heterocycles. The fourth-order valence-corrected chi connectivity index (χ4v) is 1.13. The molecule has 0 aliphatic rings. The van der Waals surface area contributed by atoms with E-state index in [1.165, 1.54) is 12.3 Å². The summed E-state index contributed by atoms with van der Waals surface area (Å²) in [5.41, 5.74) is 0.00445. The van der Waals surface area contributed by atoms with Gasteiger partial charge in [-0.05, 0) is 26.0 Å². The molecule has 0 fully saturated rings. The Balaban J connectivity index is 2.51. The van der Waals surface area contributed by atoms with Crippen molar-refractivity contribution in [3.8, 4) is 5.75 Å². The maximum absolute atomic E-state index is 10.6. The molecular formula is C11H15NO4. The Morgan fingerprint density at radius 1 is 1.56 bits per heavy atom. The number of aromatic carboxylic acids is 1. The van der Waals surface area contributed by atoms with Crippen LogP contribution in [-0.2, 0) is 4.74 Å². The Morgan fingerprint density at radius 2 is 2.31 bits per heavy atom. The van der Waals surface area contributed by atoms with Crippen molar-refractivity contribution in [2.75, 3.05) is 13.2 Å². The second-order valence-corrected chi connectivity index (χ2v) is 3.27. The van der Waals surface area contributed by atoms with E-state index in [4.69, 9.17) is 14.6 Å². The highest BCUT2D eigenvalue weighted by atomic mass is 16.5. The highest BCUT2D eigenvalue weighted by Gasteiger charge is 2.07. The van der Waals surface area contributed by atoms with Crippen molar-refractivity contribution < 1.29 is 19.4 Å². The summed E-state index contributed by atoms with van der Waals surface area (Å²) in [5.74, 6) is -0.508.